The summed E-state index contributed by atoms with van der Waals surface area (Å²) >= 11 is 0. The lowest BCUT2D eigenvalue weighted by atomic mass is 9.74. The van der Waals surface area contributed by atoms with Gasteiger partial charge in [-0.1, -0.05) is 24.3 Å². The lowest BCUT2D eigenvalue weighted by Gasteiger charge is -2.38. The molecule has 2 aromatic carbocycles. The van der Waals surface area contributed by atoms with E-state index in [-0.39, 0.29) is 35.2 Å². The lowest BCUT2D eigenvalue weighted by Crippen LogP contribution is -2.48. The van der Waals surface area contributed by atoms with Crippen LogP contribution in [0, 0.1) is 12.7 Å². The number of hydrogen-bond donors (Lipinski definition) is 2. The van der Waals surface area contributed by atoms with E-state index in [1.807, 2.05) is 25.1 Å². The van der Waals surface area contributed by atoms with Gasteiger partial charge in [-0.15, -0.1) is 24.0 Å². The highest BCUT2D eigenvalue weighted by Crippen LogP contribution is 2.35. The molecule has 170 valence electrons. The Kier molecular flexibility index (Phi) is 10.0. The fourth-order valence-corrected chi connectivity index (χ4v) is 3.84. The van der Waals surface area contributed by atoms with Crippen LogP contribution in [0.2, 0.25) is 0 Å². The van der Waals surface area contributed by atoms with Gasteiger partial charge in [0.25, 0.3) is 0 Å². The van der Waals surface area contributed by atoms with Crippen molar-refractivity contribution in [1.29, 1.82) is 0 Å². The topological polar surface area (TPSA) is 54.9 Å². The minimum absolute atomic E-state index is 0. The predicted octanol–water partition coefficient (Wildman–Crippen LogP) is 4.56. The molecule has 2 N–H and O–H groups in total. The van der Waals surface area contributed by atoms with Crippen LogP contribution in [0.4, 0.5) is 4.39 Å². The average molecular weight is 541 g/mol. The van der Waals surface area contributed by atoms with E-state index in [4.69, 9.17) is 14.5 Å². The van der Waals surface area contributed by atoms with Crippen molar-refractivity contribution in [3.63, 3.8) is 0 Å². The van der Waals surface area contributed by atoms with E-state index >= 15 is 0 Å². The van der Waals surface area contributed by atoms with Gasteiger partial charge in [-0.2, -0.15) is 0 Å². The van der Waals surface area contributed by atoms with Gasteiger partial charge in [0.15, 0.2) is 5.96 Å². The smallest absolute Gasteiger partial charge is 0.191 e. The monoisotopic (exact) mass is 541 g/mol. The first-order valence-corrected chi connectivity index (χ1v) is 10.6. The summed E-state index contributed by atoms with van der Waals surface area (Å²) in [6, 6.07) is 13.5. The molecule has 31 heavy (non-hydrogen) atoms. The van der Waals surface area contributed by atoms with Crippen LogP contribution in [-0.4, -0.2) is 39.4 Å². The number of rotatable bonds is 7. The Morgan fingerprint density at radius 2 is 1.84 bits per heavy atom. The minimum atomic E-state index is -0.186. The summed E-state index contributed by atoms with van der Waals surface area (Å²) in [4.78, 5) is 4.71. The third-order valence-corrected chi connectivity index (χ3v) is 5.73. The first kappa shape index (κ1) is 25.4. The standard InChI is InChI=1S/C24H32FN3O2.HI/c1-4-26-23(27-16-19-5-10-22(25)18(2)15-19)28-17-24(11-13-30-14-12-24)20-6-8-21(29-3)9-7-20;/h5-10,15H,4,11-14,16-17H2,1-3H3,(H2,26,27,28);1H. The molecule has 0 saturated carbocycles. The first-order chi connectivity index (χ1) is 14.6. The number of benzene rings is 2. The Labute approximate surface area is 201 Å². The second kappa shape index (κ2) is 12.2. The molecule has 1 fully saturated rings. The lowest BCUT2D eigenvalue weighted by molar-refractivity contribution is 0.0513. The molecule has 1 saturated heterocycles. The van der Waals surface area contributed by atoms with Crippen LogP contribution in [0.3, 0.4) is 0 Å². The van der Waals surface area contributed by atoms with E-state index in [0.717, 1.165) is 56.4 Å². The molecule has 0 aromatic heterocycles. The van der Waals surface area contributed by atoms with Gasteiger partial charge >= 0.3 is 0 Å². The molecule has 0 atom stereocenters. The van der Waals surface area contributed by atoms with Gasteiger partial charge in [0, 0.05) is 31.7 Å². The van der Waals surface area contributed by atoms with Gasteiger partial charge in [-0.25, -0.2) is 9.38 Å². The summed E-state index contributed by atoms with van der Waals surface area (Å²) in [5.41, 5.74) is 2.89. The van der Waals surface area contributed by atoms with Gasteiger partial charge < -0.3 is 20.1 Å². The van der Waals surface area contributed by atoms with Crippen molar-refractivity contribution >= 4 is 29.9 Å². The summed E-state index contributed by atoms with van der Waals surface area (Å²) in [6.45, 7) is 7.34. The summed E-state index contributed by atoms with van der Waals surface area (Å²) in [5.74, 6) is 1.44. The van der Waals surface area contributed by atoms with E-state index in [1.54, 1.807) is 20.1 Å². The predicted molar refractivity (Wildman–Crippen MR) is 134 cm³/mol. The first-order valence-electron chi connectivity index (χ1n) is 10.6. The quantitative estimate of drug-likeness (QED) is 0.307. The Morgan fingerprint density at radius 3 is 2.45 bits per heavy atom. The van der Waals surface area contributed by atoms with Crippen LogP contribution in [0.5, 0.6) is 5.75 Å². The SMILES string of the molecule is CCNC(=NCc1ccc(F)c(C)c1)NCC1(c2ccc(OC)cc2)CCOCC1.I. The molecule has 0 bridgehead atoms. The third kappa shape index (κ3) is 6.80. The molecule has 7 heteroatoms. The van der Waals surface area contributed by atoms with Crippen molar-refractivity contribution in [2.24, 2.45) is 4.99 Å². The minimum Gasteiger partial charge on any atom is -0.497 e. The second-order valence-corrected chi connectivity index (χ2v) is 7.75. The van der Waals surface area contributed by atoms with Crippen LogP contribution >= 0.6 is 24.0 Å². The molecule has 1 heterocycles. The molecule has 1 aliphatic rings. The maximum atomic E-state index is 13.5. The second-order valence-electron chi connectivity index (χ2n) is 7.75. The van der Waals surface area contributed by atoms with Crippen molar-refractivity contribution in [2.75, 3.05) is 33.4 Å². The number of guanidine groups is 1. The third-order valence-electron chi connectivity index (χ3n) is 5.73. The van der Waals surface area contributed by atoms with E-state index in [9.17, 15) is 4.39 Å². The van der Waals surface area contributed by atoms with Gasteiger partial charge in [0.2, 0.25) is 0 Å². The van der Waals surface area contributed by atoms with Crippen LogP contribution in [-0.2, 0) is 16.7 Å². The van der Waals surface area contributed by atoms with Crippen LogP contribution < -0.4 is 15.4 Å². The molecule has 1 aliphatic heterocycles. The largest absolute Gasteiger partial charge is 0.497 e. The fourth-order valence-electron chi connectivity index (χ4n) is 3.84. The van der Waals surface area contributed by atoms with Crippen molar-refractivity contribution in [1.82, 2.24) is 10.6 Å². The van der Waals surface area contributed by atoms with E-state index in [1.165, 1.54) is 11.6 Å². The highest BCUT2D eigenvalue weighted by atomic mass is 127. The average Bonchev–Trinajstić information content (AvgIpc) is 2.78. The number of nitrogens with one attached hydrogen (secondary N) is 2. The molecule has 0 unspecified atom stereocenters. The molecule has 3 rings (SSSR count). The van der Waals surface area contributed by atoms with E-state index in [0.29, 0.717) is 12.1 Å². The zero-order valence-corrected chi connectivity index (χ0v) is 20.9. The number of ether oxygens (including phenoxy) is 2. The molecule has 0 aliphatic carbocycles. The van der Waals surface area contributed by atoms with Crippen molar-refractivity contribution in [3.8, 4) is 5.75 Å². The van der Waals surface area contributed by atoms with E-state index < -0.39 is 0 Å². The van der Waals surface area contributed by atoms with Crippen molar-refractivity contribution < 1.29 is 13.9 Å². The van der Waals surface area contributed by atoms with Gasteiger partial charge in [-0.05, 0) is 61.6 Å². The van der Waals surface area contributed by atoms with Gasteiger partial charge in [-0.3, -0.25) is 0 Å². The molecule has 0 spiro atoms. The van der Waals surface area contributed by atoms with Crippen molar-refractivity contribution in [2.45, 2.75) is 38.6 Å². The van der Waals surface area contributed by atoms with Gasteiger partial charge in [0.05, 0.1) is 13.7 Å². The molecule has 0 radical (unpaired) electrons. The van der Waals surface area contributed by atoms with Crippen LogP contribution in [0.1, 0.15) is 36.5 Å². The summed E-state index contributed by atoms with van der Waals surface area (Å²) in [5, 5.41) is 6.85. The maximum absolute atomic E-state index is 13.5. The normalized spacial score (nSPS) is 15.7. The highest BCUT2D eigenvalue weighted by molar-refractivity contribution is 14.0. The maximum Gasteiger partial charge on any atom is 0.191 e. The number of halogens is 2. The Balaban J connectivity index is 0.00000341. The Bertz CT molecular complexity index is 852. The summed E-state index contributed by atoms with van der Waals surface area (Å²) in [6.07, 6.45) is 1.89. The number of aliphatic imine (C=N–C) groups is 1. The van der Waals surface area contributed by atoms with Crippen LogP contribution in [0.25, 0.3) is 0 Å². The number of nitrogens with zero attached hydrogens (tertiary/aromatic N) is 1. The number of aryl methyl sites for hydroxylation is 1. The Hall–Kier alpha value is -1.87. The molecular weight excluding hydrogens is 508 g/mol. The van der Waals surface area contributed by atoms with Gasteiger partial charge in [0.1, 0.15) is 11.6 Å². The zero-order valence-electron chi connectivity index (χ0n) is 18.5. The number of methoxy groups -OCH3 is 1. The molecule has 0 amide bonds. The fraction of sp³-hybridized carbons (Fsp3) is 0.458. The Morgan fingerprint density at radius 1 is 1.13 bits per heavy atom. The summed E-state index contributed by atoms with van der Waals surface area (Å²) in [7, 11) is 1.68. The van der Waals surface area contributed by atoms with Crippen LogP contribution in [0.15, 0.2) is 47.5 Å². The zero-order chi connectivity index (χ0) is 21.4. The van der Waals surface area contributed by atoms with E-state index in [2.05, 4.69) is 22.8 Å². The summed E-state index contributed by atoms with van der Waals surface area (Å²) < 4.78 is 24.5. The van der Waals surface area contributed by atoms with Crippen molar-refractivity contribution in [3.05, 3.63) is 65.0 Å². The highest BCUT2D eigenvalue weighted by Gasteiger charge is 2.34. The number of hydrogen-bond acceptors (Lipinski definition) is 3. The molecular formula is C24H33FIN3O2. The molecule has 2 aromatic rings. The molecule has 5 nitrogen and oxygen atoms in total.